The van der Waals surface area contributed by atoms with Crippen molar-refractivity contribution in [1.29, 1.82) is 0 Å². The van der Waals surface area contributed by atoms with Crippen molar-refractivity contribution in [2.45, 2.75) is 26.7 Å². The number of esters is 1. The molecule has 0 saturated heterocycles. The van der Waals surface area contributed by atoms with Crippen molar-refractivity contribution >= 4 is 29.2 Å². The smallest absolute Gasteiger partial charge is 0.338 e. The molecule has 0 fully saturated rings. The number of carbonyl (C=O) groups excluding carboxylic acids is 2. The molecule has 150 valence electrons. The summed E-state index contributed by atoms with van der Waals surface area (Å²) in [4.78, 5) is 24.3. The van der Waals surface area contributed by atoms with Crippen LogP contribution in [0.5, 0.6) is 11.5 Å². The van der Waals surface area contributed by atoms with Crippen molar-refractivity contribution < 1.29 is 23.8 Å². The zero-order chi connectivity index (χ0) is 20.5. The van der Waals surface area contributed by atoms with Gasteiger partial charge in [0.2, 0.25) is 0 Å². The normalized spacial score (nSPS) is 10.3. The quantitative estimate of drug-likeness (QED) is 0.486. The van der Waals surface area contributed by atoms with Crippen LogP contribution >= 0.6 is 11.6 Å². The summed E-state index contributed by atoms with van der Waals surface area (Å²) in [5.74, 6) is -0.0900. The van der Waals surface area contributed by atoms with E-state index < -0.39 is 18.5 Å². The van der Waals surface area contributed by atoms with E-state index in [1.54, 1.807) is 37.3 Å². The summed E-state index contributed by atoms with van der Waals surface area (Å²) in [6.07, 6.45) is 1.94. The molecule has 1 N–H and O–H groups in total. The first-order valence-corrected chi connectivity index (χ1v) is 9.37. The van der Waals surface area contributed by atoms with E-state index in [0.717, 1.165) is 18.4 Å². The van der Waals surface area contributed by atoms with E-state index in [1.165, 1.54) is 13.2 Å². The lowest BCUT2D eigenvalue weighted by atomic mass is 10.2. The molecule has 0 heterocycles. The van der Waals surface area contributed by atoms with E-state index in [9.17, 15) is 9.59 Å². The van der Waals surface area contributed by atoms with Crippen LogP contribution < -0.4 is 14.8 Å². The topological polar surface area (TPSA) is 73.9 Å². The molecule has 7 heteroatoms. The van der Waals surface area contributed by atoms with Gasteiger partial charge in [0.15, 0.2) is 18.1 Å². The molecule has 0 radical (unpaired) electrons. The van der Waals surface area contributed by atoms with Gasteiger partial charge in [-0.2, -0.15) is 0 Å². The molecule has 0 unspecified atom stereocenters. The Labute approximate surface area is 169 Å². The SMILES string of the molecule is CCCCOc1ccc(C(=O)OCC(=O)Nc2cccc(Cl)c2C)cc1OC. The number of benzene rings is 2. The fraction of sp³-hybridized carbons (Fsp3) is 0.333. The van der Waals surface area contributed by atoms with Crippen LogP contribution in [-0.4, -0.2) is 32.2 Å². The summed E-state index contributed by atoms with van der Waals surface area (Å²) in [5, 5.41) is 3.22. The number of methoxy groups -OCH3 is 1. The highest BCUT2D eigenvalue weighted by Gasteiger charge is 2.15. The molecule has 0 spiro atoms. The summed E-state index contributed by atoms with van der Waals surface area (Å²) in [7, 11) is 1.50. The second-order valence-corrected chi connectivity index (χ2v) is 6.51. The number of hydrogen-bond acceptors (Lipinski definition) is 5. The third-order valence-corrected chi connectivity index (χ3v) is 4.44. The highest BCUT2D eigenvalue weighted by Crippen LogP contribution is 2.28. The Balaban J connectivity index is 1.94. The zero-order valence-electron chi connectivity index (χ0n) is 16.2. The number of nitrogens with one attached hydrogen (secondary N) is 1. The molecule has 0 aliphatic heterocycles. The highest BCUT2D eigenvalue weighted by molar-refractivity contribution is 6.31. The van der Waals surface area contributed by atoms with E-state index in [-0.39, 0.29) is 5.56 Å². The van der Waals surface area contributed by atoms with E-state index in [1.807, 2.05) is 0 Å². The average Bonchev–Trinajstić information content (AvgIpc) is 2.70. The molecule has 0 bridgehead atoms. The molecule has 2 aromatic carbocycles. The number of anilines is 1. The minimum absolute atomic E-state index is 0.270. The van der Waals surface area contributed by atoms with Gasteiger partial charge in [0, 0.05) is 10.7 Å². The minimum atomic E-state index is -0.628. The molecule has 0 aliphatic carbocycles. The first-order chi connectivity index (χ1) is 13.5. The monoisotopic (exact) mass is 405 g/mol. The van der Waals surface area contributed by atoms with Gasteiger partial charge in [-0.15, -0.1) is 0 Å². The van der Waals surface area contributed by atoms with Gasteiger partial charge in [-0.1, -0.05) is 31.0 Å². The Hall–Kier alpha value is -2.73. The number of unbranched alkanes of at least 4 members (excludes halogenated alkanes) is 1. The van der Waals surface area contributed by atoms with Gasteiger partial charge < -0.3 is 19.5 Å². The van der Waals surface area contributed by atoms with Crippen LogP contribution in [0.3, 0.4) is 0 Å². The van der Waals surface area contributed by atoms with Crippen LogP contribution in [0.1, 0.15) is 35.7 Å². The molecular formula is C21H24ClNO5. The van der Waals surface area contributed by atoms with Crippen molar-refractivity contribution in [3.8, 4) is 11.5 Å². The summed E-state index contributed by atoms with van der Waals surface area (Å²) in [6.45, 7) is 4.02. The lowest BCUT2D eigenvalue weighted by molar-refractivity contribution is -0.119. The van der Waals surface area contributed by atoms with Crippen LogP contribution in [0.25, 0.3) is 0 Å². The predicted molar refractivity (Wildman–Crippen MR) is 108 cm³/mol. The molecule has 0 saturated carbocycles. The first kappa shape index (κ1) is 21.6. The van der Waals surface area contributed by atoms with Gasteiger partial charge in [-0.25, -0.2) is 4.79 Å². The number of ether oxygens (including phenoxy) is 3. The molecular weight excluding hydrogens is 382 g/mol. The standard InChI is InChI=1S/C21H24ClNO5/c1-4-5-11-27-18-10-9-15(12-19(18)26-3)21(25)28-13-20(24)23-17-8-6-7-16(22)14(17)2/h6-10,12H,4-5,11,13H2,1-3H3,(H,23,24). The van der Waals surface area contributed by atoms with Gasteiger partial charge in [0.1, 0.15) is 0 Å². The summed E-state index contributed by atoms with van der Waals surface area (Å²) in [6, 6.07) is 9.94. The maximum Gasteiger partial charge on any atom is 0.338 e. The minimum Gasteiger partial charge on any atom is -0.493 e. The lowest BCUT2D eigenvalue weighted by Crippen LogP contribution is -2.21. The number of halogens is 1. The number of carbonyl (C=O) groups is 2. The largest absolute Gasteiger partial charge is 0.493 e. The van der Waals surface area contributed by atoms with Crippen LogP contribution in [0.15, 0.2) is 36.4 Å². The van der Waals surface area contributed by atoms with Gasteiger partial charge in [0.05, 0.1) is 19.3 Å². The number of hydrogen-bond donors (Lipinski definition) is 1. The Bertz CT molecular complexity index is 838. The highest BCUT2D eigenvalue weighted by atomic mass is 35.5. The maximum atomic E-state index is 12.2. The van der Waals surface area contributed by atoms with E-state index >= 15 is 0 Å². The van der Waals surface area contributed by atoms with Gasteiger partial charge >= 0.3 is 5.97 Å². The Morgan fingerprint density at radius 1 is 1.14 bits per heavy atom. The van der Waals surface area contributed by atoms with Crippen molar-refractivity contribution in [2.75, 3.05) is 25.6 Å². The molecule has 0 aromatic heterocycles. The fourth-order valence-corrected chi connectivity index (χ4v) is 2.56. The summed E-state index contributed by atoms with van der Waals surface area (Å²) < 4.78 is 16.0. The van der Waals surface area contributed by atoms with E-state index in [0.29, 0.717) is 28.8 Å². The van der Waals surface area contributed by atoms with Crippen molar-refractivity contribution in [3.05, 3.63) is 52.5 Å². The molecule has 1 amide bonds. The van der Waals surface area contributed by atoms with Crippen molar-refractivity contribution in [2.24, 2.45) is 0 Å². The molecule has 0 atom stereocenters. The van der Waals surface area contributed by atoms with Crippen LogP contribution in [-0.2, 0) is 9.53 Å². The molecule has 6 nitrogen and oxygen atoms in total. The Kier molecular flexibility index (Phi) is 8.14. The Morgan fingerprint density at radius 2 is 1.93 bits per heavy atom. The van der Waals surface area contributed by atoms with Crippen LogP contribution in [0.4, 0.5) is 5.69 Å². The fourth-order valence-electron chi connectivity index (χ4n) is 2.38. The molecule has 2 aromatic rings. The third kappa shape index (κ3) is 5.89. The van der Waals surface area contributed by atoms with Crippen molar-refractivity contribution in [3.63, 3.8) is 0 Å². The lowest BCUT2D eigenvalue weighted by Gasteiger charge is -2.12. The zero-order valence-corrected chi connectivity index (χ0v) is 17.0. The third-order valence-electron chi connectivity index (χ3n) is 4.03. The summed E-state index contributed by atoms with van der Waals surface area (Å²) in [5.41, 5.74) is 1.59. The first-order valence-electron chi connectivity index (χ1n) is 8.99. The number of rotatable bonds is 9. The number of amides is 1. The predicted octanol–water partition coefficient (Wildman–Crippen LogP) is 4.63. The van der Waals surface area contributed by atoms with Gasteiger partial charge in [-0.05, 0) is 49.2 Å². The van der Waals surface area contributed by atoms with Crippen LogP contribution in [0, 0.1) is 6.92 Å². The van der Waals surface area contributed by atoms with Crippen molar-refractivity contribution in [1.82, 2.24) is 0 Å². The second-order valence-electron chi connectivity index (χ2n) is 6.10. The van der Waals surface area contributed by atoms with Gasteiger partial charge in [-0.3, -0.25) is 4.79 Å². The van der Waals surface area contributed by atoms with E-state index in [4.69, 9.17) is 25.8 Å². The summed E-state index contributed by atoms with van der Waals surface area (Å²) >= 11 is 6.03. The Morgan fingerprint density at radius 3 is 2.64 bits per heavy atom. The van der Waals surface area contributed by atoms with Gasteiger partial charge in [0.25, 0.3) is 5.91 Å². The second kappa shape index (κ2) is 10.6. The molecule has 2 rings (SSSR count). The van der Waals surface area contributed by atoms with Crippen LogP contribution in [0.2, 0.25) is 5.02 Å². The molecule has 0 aliphatic rings. The average molecular weight is 406 g/mol. The van der Waals surface area contributed by atoms with E-state index in [2.05, 4.69) is 12.2 Å². The molecule has 28 heavy (non-hydrogen) atoms. The maximum absolute atomic E-state index is 12.2.